The third kappa shape index (κ3) is 3.01. The van der Waals surface area contributed by atoms with Crippen LogP contribution >= 0.6 is 0 Å². The summed E-state index contributed by atoms with van der Waals surface area (Å²) in [5.74, 6) is 0. The molecule has 0 aromatic heterocycles. The summed E-state index contributed by atoms with van der Waals surface area (Å²) in [6.45, 7) is 9.73. The molecule has 0 amide bonds. The molecular formula is C22H29NO. The summed E-state index contributed by atoms with van der Waals surface area (Å²) < 4.78 is 6.35. The maximum Gasteiger partial charge on any atom is 0.133 e. The van der Waals surface area contributed by atoms with Crippen molar-refractivity contribution in [3.8, 4) is 0 Å². The molecule has 1 aliphatic heterocycles. The lowest BCUT2D eigenvalue weighted by Gasteiger charge is -2.40. The van der Waals surface area contributed by atoms with Gasteiger partial charge in [-0.15, -0.1) is 0 Å². The van der Waals surface area contributed by atoms with Gasteiger partial charge in [-0.3, -0.25) is 0 Å². The van der Waals surface area contributed by atoms with Crippen LogP contribution in [0, 0.1) is 27.7 Å². The standard InChI is InChI=1S/C22H29NO/c1-15-9-16(2)12-19(11-15)22(24-5,21-7-6-8-23-21)20-13-17(3)10-18(4)14-20/h9-14,21,23H,6-8H2,1-5H3/t21-/m1/s1. The first-order valence-electron chi connectivity index (χ1n) is 8.92. The Morgan fingerprint density at radius 1 is 0.833 bits per heavy atom. The van der Waals surface area contributed by atoms with Gasteiger partial charge < -0.3 is 10.1 Å². The number of nitrogens with one attached hydrogen (secondary N) is 1. The van der Waals surface area contributed by atoms with Crippen molar-refractivity contribution in [2.45, 2.75) is 52.2 Å². The molecule has 1 atom stereocenters. The monoisotopic (exact) mass is 323 g/mol. The minimum atomic E-state index is -0.440. The molecule has 2 aromatic carbocycles. The number of methoxy groups -OCH3 is 1. The third-order valence-electron chi connectivity index (χ3n) is 5.17. The summed E-state index contributed by atoms with van der Waals surface area (Å²) in [4.78, 5) is 0. The highest BCUT2D eigenvalue weighted by Crippen LogP contribution is 2.41. The molecule has 1 heterocycles. The first-order chi connectivity index (χ1) is 11.5. The molecule has 1 aliphatic rings. The molecule has 2 heteroatoms. The average Bonchev–Trinajstić information content (AvgIpc) is 3.01. The maximum absolute atomic E-state index is 6.35. The van der Waals surface area contributed by atoms with Gasteiger partial charge in [0.05, 0.1) is 0 Å². The van der Waals surface area contributed by atoms with E-state index in [1.54, 1.807) is 0 Å². The van der Waals surface area contributed by atoms with Crippen LogP contribution in [0.15, 0.2) is 36.4 Å². The lowest BCUT2D eigenvalue weighted by atomic mass is 9.77. The molecule has 0 unspecified atom stereocenters. The number of rotatable bonds is 4. The predicted octanol–water partition coefficient (Wildman–Crippen LogP) is 4.56. The van der Waals surface area contributed by atoms with Crippen molar-refractivity contribution in [3.63, 3.8) is 0 Å². The van der Waals surface area contributed by atoms with Gasteiger partial charge in [0.2, 0.25) is 0 Å². The highest BCUT2D eigenvalue weighted by Gasteiger charge is 2.44. The Bertz CT molecular complexity index is 637. The van der Waals surface area contributed by atoms with E-state index >= 15 is 0 Å². The van der Waals surface area contributed by atoms with Crippen molar-refractivity contribution in [1.29, 1.82) is 0 Å². The zero-order chi connectivity index (χ0) is 17.3. The maximum atomic E-state index is 6.35. The lowest BCUT2D eigenvalue weighted by Crippen LogP contribution is -2.48. The minimum Gasteiger partial charge on any atom is -0.367 e. The number of hydrogen-bond donors (Lipinski definition) is 1. The molecule has 128 valence electrons. The predicted molar refractivity (Wildman–Crippen MR) is 101 cm³/mol. The highest BCUT2D eigenvalue weighted by molar-refractivity contribution is 5.45. The number of ether oxygens (including phenoxy) is 1. The Morgan fingerprint density at radius 2 is 1.29 bits per heavy atom. The van der Waals surface area contributed by atoms with Crippen molar-refractivity contribution in [2.24, 2.45) is 0 Å². The minimum absolute atomic E-state index is 0.296. The molecule has 0 spiro atoms. The summed E-state index contributed by atoms with van der Waals surface area (Å²) in [6, 6.07) is 13.9. The van der Waals surface area contributed by atoms with Crippen molar-refractivity contribution < 1.29 is 4.74 Å². The van der Waals surface area contributed by atoms with Crippen molar-refractivity contribution in [2.75, 3.05) is 13.7 Å². The molecular weight excluding hydrogens is 294 g/mol. The Morgan fingerprint density at radius 3 is 1.62 bits per heavy atom. The molecule has 0 radical (unpaired) electrons. The van der Waals surface area contributed by atoms with E-state index in [0.29, 0.717) is 6.04 Å². The molecule has 2 nitrogen and oxygen atoms in total. The molecule has 24 heavy (non-hydrogen) atoms. The quantitative estimate of drug-likeness (QED) is 0.890. The van der Waals surface area contributed by atoms with E-state index in [1.165, 1.54) is 39.8 Å². The number of benzene rings is 2. The van der Waals surface area contributed by atoms with Gasteiger partial charge in [0, 0.05) is 13.2 Å². The fourth-order valence-corrected chi connectivity index (χ4v) is 4.36. The van der Waals surface area contributed by atoms with Gasteiger partial charge in [-0.05, 0) is 58.2 Å². The molecule has 0 aliphatic carbocycles. The second kappa shape index (κ2) is 6.70. The van der Waals surface area contributed by atoms with Crippen LogP contribution in [0.5, 0.6) is 0 Å². The molecule has 3 rings (SSSR count). The Hall–Kier alpha value is -1.64. The van der Waals surface area contributed by atoms with Crippen molar-refractivity contribution >= 4 is 0 Å². The van der Waals surface area contributed by atoms with Crippen LogP contribution in [0.1, 0.15) is 46.2 Å². The average molecular weight is 323 g/mol. The summed E-state index contributed by atoms with van der Waals surface area (Å²) in [5, 5.41) is 3.70. The van der Waals surface area contributed by atoms with Gasteiger partial charge in [0.25, 0.3) is 0 Å². The molecule has 1 N–H and O–H groups in total. The largest absolute Gasteiger partial charge is 0.367 e. The van der Waals surface area contributed by atoms with E-state index in [1.807, 2.05) is 7.11 Å². The summed E-state index contributed by atoms with van der Waals surface area (Å²) in [7, 11) is 1.86. The fourth-order valence-electron chi connectivity index (χ4n) is 4.36. The van der Waals surface area contributed by atoms with Gasteiger partial charge in [-0.1, -0.05) is 58.7 Å². The molecule has 1 saturated heterocycles. The van der Waals surface area contributed by atoms with Gasteiger partial charge in [0.1, 0.15) is 5.60 Å². The summed E-state index contributed by atoms with van der Waals surface area (Å²) in [6.07, 6.45) is 2.33. The van der Waals surface area contributed by atoms with E-state index in [-0.39, 0.29) is 0 Å². The smallest absolute Gasteiger partial charge is 0.133 e. The first-order valence-corrected chi connectivity index (χ1v) is 8.92. The SMILES string of the molecule is COC(c1cc(C)cc(C)c1)(c1cc(C)cc(C)c1)[C@H]1CCCN1. The van der Waals surface area contributed by atoms with E-state index in [4.69, 9.17) is 4.74 Å². The van der Waals surface area contributed by atoms with Gasteiger partial charge in [-0.25, -0.2) is 0 Å². The molecule has 0 bridgehead atoms. The van der Waals surface area contributed by atoms with Crippen LogP contribution in [-0.4, -0.2) is 19.7 Å². The molecule has 1 fully saturated rings. The van der Waals surface area contributed by atoms with Crippen LogP contribution in [0.3, 0.4) is 0 Å². The van der Waals surface area contributed by atoms with Crippen LogP contribution < -0.4 is 5.32 Å². The van der Waals surface area contributed by atoms with Gasteiger partial charge in [-0.2, -0.15) is 0 Å². The van der Waals surface area contributed by atoms with Crippen LogP contribution in [0.25, 0.3) is 0 Å². The third-order valence-corrected chi connectivity index (χ3v) is 5.17. The normalized spacial score (nSPS) is 18.1. The van der Waals surface area contributed by atoms with E-state index in [9.17, 15) is 0 Å². The Kier molecular flexibility index (Phi) is 4.80. The summed E-state index contributed by atoms with van der Waals surface area (Å²) in [5.41, 5.74) is 7.22. The zero-order valence-corrected chi connectivity index (χ0v) is 15.6. The van der Waals surface area contributed by atoms with Gasteiger partial charge >= 0.3 is 0 Å². The molecule has 0 saturated carbocycles. The lowest BCUT2D eigenvalue weighted by molar-refractivity contribution is -0.00643. The van der Waals surface area contributed by atoms with E-state index in [2.05, 4.69) is 69.4 Å². The summed E-state index contributed by atoms with van der Waals surface area (Å²) >= 11 is 0. The van der Waals surface area contributed by atoms with Crippen LogP contribution in [0.2, 0.25) is 0 Å². The topological polar surface area (TPSA) is 21.3 Å². The van der Waals surface area contributed by atoms with Crippen LogP contribution in [0.4, 0.5) is 0 Å². The second-order valence-corrected chi connectivity index (χ2v) is 7.34. The van der Waals surface area contributed by atoms with Crippen LogP contribution in [-0.2, 0) is 10.3 Å². The number of aryl methyl sites for hydroxylation is 4. The Labute approximate surface area is 146 Å². The van der Waals surface area contributed by atoms with Gasteiger partial charge in [0.15, 0.2) is 0 Å². The molecule has 2 aromatic rings. The van der Waals surface area contributed by atoms with E-state index in [0.717, 1.165) is 13.0 Å². The van der Waals surface area contributed by atoms with E-state index < -0.39 is 5.60 Å². The highest BCUT2D eigenvalue weighted by atomic mass is 16.5. The fraction of sp³-hybridized carbons (Fsp3) is 0.455. The second-order valence-electron chi connectivity index (χ2n) is 7.34. The Balaban J connectivity index is 2.26. The van der Waals surface area contributed by atoms with Crippen molar-refractivity contribution in [1.82, 2.24) is 5.32 Å². The van der Waals surface area contributed by atoms with Crippen molar-refractivity contribution in [3.05, 3.63) is 69.8 Å². The number of hydrogen-bond acceptors (Lipinski definition) is 2. The zero-order valence-electron chi connectivity index (χ0n) is 15.6. The first kappa shape index (κ1) is 17.2.